The highest BCUT2D eigenvalue weighted by Gasteiger charge is 2.36. The van der Waals surface area contributed by atoms with Crippen LogP contribution in [0.5, 0.6) is 0 Å². The molecule has 1 N–H and O–H groups in total. The van der Waals surface area contributed by atoms with Crippen molar-refractivity contribution in [2.45, 2.75) is 32.8 Å². The molecule has 0 aliphatic carbocycles. The number of hydrogen-bond acceptors (Lipinski definition) is 3. The first-order valence-corrected chi connectivity index (χ1v) is 5.74. The molecule has 1 aromatic rings. The van der Waals surface area contributed by atoms with E-state index in [0.29, 0.717) is 18.1 Å². The smallest absolute Gasteiger partial charge is 0.340 e. The van der Waals surface area contributed by atoms with Gasteiger partial charge in [0.05, 0.1) is 0 Å². The highest BCUT2D eigenvalue weighted by atomic mass is 16.5. The van der Waals surface area contributed by atoms with Crippen molar-refractivity contribution in [3.05, 3.63) is 30.1 Å². The molecule has 1 heterocycles. The van der Waals surface area contributed by atoms with Crippen LogP contribution in [0.15, 0.2) is 24.5 Å². The molecule has 0 bridgehead atoms. The van der Waals surface area contributed by atoms with Crippen molar-refractivity contribution in [1.82, 2.24) is 4.98 Å². The molecule has 0 aromatic carbocycles. The average molecular weight is 237 g/mol. The molecule has 0 fully saturated rings. The van der Waals surface area contributed by atoms with E-state index in [1.807, 2.05) is 0 Å². The Bertz CT molecular complexity index is 364. The maximum absolute atomic E-state index is 11.3. The van der Waals surface area contributed by atoms with Gasteiger partial charge in [0.25, 0.3) is 0 Å². The molecular weight excluding hydrogens is 218 g/mol. The summed E-state index contributed by atoms with van der Waals surface area (Å²) in [6.07, 6.45) is 3.98. The lowest BCUT2D eigenvalue weighted by molar-refractivity contribution is -0.165. The molecular formula is C13H19NO3. The zero-order chi connectivity index (χ0) is 12.9. The summed E-state index contributed by atoms with van der Waals surface area (Å²) in [5, 5.41) is 9.30. The van der Waals surface area contributed by atoms with Crippen LogP contribution in [-0.4, -0.2) is 22.7 Å². The first-order valence-electron chi connectivity index (χ1n) is 5.74. The van der Waals surface area contributed by atoms with Crippen LogP contribution < -0.4 is 0 Å². The number of carbonyl (C=O) groups is 1. The lowest BCUT2D eigenvalue weighted by atomic mass is 9.97. The zero-order valence-electron chi connectivity index (χ0n) is 10.5. The van der Waals surface area contributed by atoms with Gasteiger partial charge >= 0.3 is 5.97 Å². The molecule has 1 unspecified atom stereocenters. The van der Waals surface area contributed by atoms with Crippen LogP contribution in [0.2, 0.25) is 0 Å². The van der Waals surface area contributed by atoms with Crippen LogP contribution in [0.3, 0.4) is 0 Å². The van der Waals surface area contributed by atoms with E-state index < -0.39 is 11.6 Å². The Labute approximate surface area is 102 Å². The van der Waals surface area contributed by atoms with Crippen LogP contribution in [0.25, 0.3) is 0 Å². The summed E-state index contributed by atoms with van der Waals surface area (Å²) in [5.41, 5.74) is -0.750. The van der Waals surface area contributed by atoms with Crippen molar-refractivity contribution in [2.75, 3.05) is 6.61 Å². The number of nitrogens with zero attached hydrogens (tertiary/aromatic N) is 1. The van der Waals surface area contributed by atoms with Gasteiger partial charge < -0.3 is 9.84 Å². The molecule has 0 amide bonds. The molecule has 1 atom stereocenters. The normalized spacial score (nSPS) is 14.6. The largest absolute Gasteiger partial charge is 0.479 e. The summed E-state index contributed by atoms with van der Waals surface area (Å²) in [5.74, 6) is -0.504. The van der Waals surface area contributed by atoms with E-state index in [-0.39, 0.29) is 0 Å². The van der Waals surface area contributed by atoms with Crippen molar-refractivity contribution < 1.29 is 14.6 Å². The minimum absolute atomic E-state index is 0.426. The number of carboxylic acid groups (broad SMARTS) is 1. The quantitative estimate of drug-likeness (QED) is 0.825. The molecule has 4 heteroatoms. The van der Waals surface area contributed by atoms with Gasteiger partial charge in [0.1, 0.15) is 0 Å². The van der Waals surface area contributed by atoms with Crippen molar-refractivity contribution in [1.29, 1.82) is 0 Å². The topological polar surface area (TPSA) is 59.4 Å². The van der Waals surface area contributed by atoms with E-state index in [2.05, 4.69) is 18.8 Å². The molecule has 94 valence electrons. The number of aliphatic carboxylic acids is 1. The van der Waals surface area contributed by atoms with Crippen LogP contribution in [0, 0.1) is 5.92 Å². The highest BCUT2D eigenvalue weighted by Crippen LogP contribution is 2.25. The maximum Gasteiger partial charge on any atom is 0.340 e. The molecule has 0 aliphatic heterocycles. The Kier molecular flexibility index (Phi) is 4.63. The van der Waals surface area contributed by atoms with Gasteiger partial charge in [-0.25, -0.2) is 4.79 Å². The Balaban J connectivity index is 2.80. The molecule has 0 radical (unpaired) electrons. The van der Waals surface area contributed by atoms with E-state index in [1.165, 1.54) is 6.20 Å². The fourth-order valence-electron chi connectivity index (χ4n) is 1.41. The summed E-state index contributed by atoms with van der Waals surface area (Å²) in [6.45, 7) is 6.14. The second-order valence-electron chi connectivity index (χ2n) is 4.61. The SMILES string of the molecule is CC(C)CCOC(C)(C(=O)O)c1cccnc1. The van der Waals surface area contributed by atoms with Crippen molar-refractivity contribution in [3.63, 3.8) is 0 Å². The second kappa shape index (κ2) is 5.77. The van der Waals surface area contributed by atoms with Gasteiger partial charge in [-0.3, -0.25) is 4.98 Å². The summed E-state index contributed by atoms with van der Waals surface area (Å²) in [6, 6.07) is 3.43. The van der Waals surface area contributed by atoms with Gasteiger partial charge in [-0.15, -0.1) is 0 Å². The minimum atomic E-state index is -1.32. The van der Waals surface area contributed by atoms with Crippen molar-refractivity contribution in [3.8, 4) is 0 Å². The molecule has 0 saturated carbocycles. The van der Waals surface area contributed by atoms with Crippen molar-refractivity contribution in [2.24, 2.45) is 5.92 Å². The lowest BCUT2D eigenvalue weighted by Crippen LogP contribution is -2.36. The summed E-state index contributed by atoms with van der Waals surface area (Å²) >= 11 is 0. The Morgan fingerprint density at radius 1 is 1.59 bits per heavy atom. The second-order valence-corrected chi connectivity index (χ2v) is 4.61. The average Bonchev–Trinajstić information content (AvgIpc) is 2.29. The van der Waals surface area contributed by atoms with Gasteiger partial charge in [0.15, 0.2) is 5.60 Å². The predicted octanol–water partition coefficient (Wildman–Crippen LogP) is 2.44. The lowest BCUT2D eigenvalue weighted by Gasteiger charge is -2.25. The number of rotatable bonds is 6. The number of aromatic nitrogens is 1. The Morgan fingerprint density at radius 3 is 2.76 bits per heavy atom. The van der Waals surface area contributed by atoms with E-state index >= 15 is 0 Å². The Morgan fingerprint density at radius 2 is 2.29 bits per heavy atom. The van der Waals surface area contributed by atoms with Gasteiger partial charge in [0, 0.05) is 24.6 Å². The predicted molar refractivity (Wildman–Crippen MR) is 64.6 cm³/mol. The van der Waals surface area contributed by atoms with Crippen molar-refractivity contribution >= 4 is 5.97 Å². The monoisotopic (exact) mass is 237 g/mol. The molecule has 1 aromatic heterocycles. The fraction of sp³-hybridized carbons (Fsp3) is 0.538. The summed E-state index contributed by atoms with van der Waals surface area (Å²) in [4.78, 5) is 15.3. The number of ether oxygens (including phenoxy) is 1. The van der Waals surface area contributed by atoms with Gasteiger partial charge in [-0.2, -0.15) is 0 Å². The standard InChI is InChI=1S/C13H19NO3/c1-10(2)6-8-17-13(3,12(15)16)11-5-4-7-14-9-11/h4-5,7,9-10H,6,8H2,1-3H3,(H,15,16). The minimum Gasteiger partial charge on any atom is -0.479 e. The zero-order valence-corrected chi connectivity index (χ0v) is 10.5. The molecule has 0 spiro atoms. The van der Waals surface area contributed by atoms with E-state index in [0.717, 1.165) is 6.42 Å². The third-order valence-electron chi connectivity index (χ3n) is 2.71. The Hall–Kier alpha value is -1.42. The van der Waals surface area contributed by atoms with Gasteiger partial charge in [-0.1, -0.05) is 19.9 Å². The first-order chi connectivity index (χ1) is 7.97. The van der Waals surface area contributed by atoms with Crippen LogP contribution in [0.1, 0.15) is 32.8 Å². The summed E-state index contributed by atoms with van der Waals surface area (Å²) < 4.78 is 5.55. The van der Waals surface area contributed by atoms with Crippen LogP contribution in [0.4, 0.5) is 0 Å². The van der Waals surface area contributed by atoms with Crippen LogP contribution >= 0.6 is 0 Å². The number of pyridine rings is 1. The fourth-order valence-corrected chi connectivity index (χ4v) is 1.41. The summed E-state index contributed by atoms with van der Waals surface area (Å²) in [7, 11) is 0. The molecule has 1 rings (SSSR count). The van der Waals surface area contributed by atoms with Crippen LogP contribution in [-0.2, 0) is 15.1 Å². The number of hydrogen-bond donors (Lipinski definition) is 1. The molecule has 4 nitrogen and oxygen atoms in total. The van der Waals surface area contributed by atoms with E-state index in [9.17, 15) is 9.90 Å². The third-order valence-corrected chi connectivity index (χ3v) is 2.71. The molecule has 17 heavy (non-hydrogen) atoms. The van der Waals surface area contributed by atoms with Gasteiger partial charge in [0.2, 0.25) is 0 Å². The van der Waals surface area contributed by atoms with E-state index in [1.54, 1.807) is 25.3 Å². The first kappa shape index (κ1) is 13.6. The highest BCUT2D eigenvalue weighted by molar-refractivity contribution is 5.78. The van der Waals surface area contributed by atoms with Gasteiger partial charge in [-0.05, 0) is 25.3 Å². The molecule has 0 aliphatic rings. The molecule has 0 saturated heterocycles. The third kappa shape index (κ3) is 3.53. The van der Waals surface area contributed by atoms with E-state index in [4.69, 9.17) is 4.74 Å². The number of carboxylic acids is 1. The maximum atomic E-state index is 11.3.